The summed E-state index contributed by atoms with van der Waals surface area (Å²) in [5, 5.41) is 5.71. The molecular weight excluding hydrogens is 464 g/mol. The minimum atomic E-state index is -0.479. The van der Waals surface area contributed by atoms with Crippen LogP contribution in [0, 0.1) is 5.41 Å². The van der Waals surface area contributed by atoms with E-state index in [-0.39, 0.29) is 17.8 Å². The topological polar surface area (TPSA) is 69.6 Å². The van der Waals surface area contributed by atoms with Crippen molar-refractivity contribution in [2.24, 2.45) is 5.41 Å². The number of hydrogen-bond acceptors (Lipinski definition) is 5. The van der Waals surface area contributed by atoms with Crippen molar-refractivity contribution in [2.45, 2.75) is 59.9 Å². The molecule has 37 heavy (non-hydrogen) atoms. The predicted octanol–water partition coefficient (Wildman–Crippen LogP) is 6.00. The van der Waals surface area contributed by atoms with Gasteiger partial charge < -0.3 is 19.4 Å². The van der Waals surface area contributed by atoms with Crippen LogP contribution in [0.15, 0.2) is 65.0 Å². The molecule has 1 aliphatic heterocycles. The van der Waals surface area contributed by atoms with Crippen molar-refractivity contribution in [1.29, 1.82) is 0 Å². The summed E-state index contributed by atoms with van der Waals surface area (Å²) in [6, 6.07) is 14.8. The second-order valence-corrected chi connectivity index (χ2v) is 10.8. The molecule has 0 spiro atoms. The van der Waals surface area contributed by atoms with Crippen LogP contribution in [-0.2, 0) is 25.6 Å². The Morgan fingerprint density at radius 2 is 1.81 bits per heavy atom. The van der Waals surface area contributed by atoms with Crippen molar-refractivity contribution in [3.63, 3.8) is 0 Å². The molecule has 0 amide bonds. The van der Waals surface area contributed by atoms with Crippen LogP contribution in [0.25, 0.3) is 21.8 Å². The number of nitrogens with one attached hydrogen (secondary N) is 1. The van der Waals surface area contributed by atoms with Crippen LogP contribution >= 0.6 is 0 Å². The number of carbonyl (C=O) groups excluding carboxylic acids is 2. The second kappa shape index (κ2) is 9.82. The summed E-state index contributed by atoms with van der Waals surface area (Å²) in [6.07, 6.45) is 1.21. The quantitative estimate of drug-likeness (QED) is 0.318. The first-order valence-corrected chi connectivity index (χ1v) is 13.3. The molecule has 2 aliphatic rings. The Hall–Kier alpha value is -3.38. The summed E-state index contributed by atoms with van der Waals surface area (Å²) in [7, 11) is 0. The summed E-state index contributed by atoms with van der Waals surface area (Å²) in [6.45, 7) is 12.1. The molecule has 1 atom stereocenters. The molecule has 0 radical (unpaired) electrons. The van der Waals surface area contributed by atoms with Gasteiger partial charge in [0, 0.05) is 64.3 Å². The third kappa shape index (κ3) is 4.48. The van der Waals surface area contributed by atoms with Crippen molar-refractivity contribution in [2.75, 3.05) is 19.8 Å². The molecule has 3 aromatic rings. The molecule has 0 fully saturated rings. The van der Waals surface area contributed by atoms with Crippen LogP contribution in [-0.4, -0.2) is 36.1 Å². The number of ketones is 1. The minimum absolute atomic E-state index is 0.0898. The number of aryl methyl sites for hydroxylation is 1. The largest absolute Gasteiger partial charge is 0.460 e. The highest BCUT2D eigenvalue weighted by molar-refractivity contribution is 6.09. The van der Waals surface area contributed by atoms with Crippen LogP contribution in [0.4, 0.5) is 0 Å². The third-order valence-corrected chi connectivity index (χ3v) is 7.57. The average molecular weight is 501 g/mol. The SMILES string of the molecule is CCOCCOC(=O)C1=C(C)NC2=C(C(=O)CC(C)(C)C2)[C@H]1c1ccc2c(c1)c1ccccc1n2CC. The molecule has 1 aliphatic carbocycles. The van der Waals surface area contributed by atoms with Crippen LogP contribution in [0.1, 0.15) is 58.9 Å². The number of aromatic nitrogens is 1. The summed E-state index contributed by atoms with van der Waals surface area (Å²) < 4.78 is 13.3. The van der Waals surface area contributed by atoms with E-state index in [4.69, 9.17) is 9.47 Å². The lowest BCUT2D eigenvalue weighted by Crippen LogP contribution is -2.38. The second-order valence-electron chi connectivity index (χ2n) is 10.8. The molecule has 6 nitrogen and oxygen atoms in total. The number of ether oxygens (including phenoxy) is 2. The number of rotatable bonds is 7. The van der Waals surface area contributed by atoms with E-state index in [1.165, 1.54) is 10.9 Å². The maximum atomic E-state index is 13.6. The predicted molar refractivity (Wildman–Crippen MR) is 146 cm³/mol. The fourth-order valence-corrected chi connectivity index (χ4v) is 6.05. The van der Waals surface area contributed by atoms with E-state index < -0.39 is 11.9 Å². The van der Waals surface area contributed by atoms with Gasteiger partial charge in [0.1, 0.15) is 6.61 Å². The smallest absolute Gasteiger partial charge is 0.336 e. The Morgan fingerprint density at radius 3 is 2.57 bits per heavy atom. The number of fused-ring (bicyclic) bond motifs is 3. The molecule has 2 aromatic carbocycles. The van der Waals surface area contributed by atoms with Crippen molar-refractivity contribution in [1.82, 2.24) is 9.88 Å². The van der Waals surface area contributed by atoms with E-state index in [0.29, 0.717) is 30.8 Å². The van der Waals surface area contributed by atoms with Gasteiger partial charge in [0.25, 0.3) is 0 Å². The van der Waals surface area contributed by atoms with E-state index in [2.05, 4.69) is 73.1 Å². The summed E-state index contributed by atoms with van der Waals surface area (Å²) >= 11 is 0. The van der Waals surface area contributed by atoms with Crippen LogP contribution in [0.3, 0.4) is 0 Å². The number of carbonyl (C=O) groups is 2. The van der Waals surface area contributed by atoms with Gasteiger partial charge in [0.05, 0.1) is 12.2 Å². The van der Waals surface area contributed by atoms with Crippen LogP contribution in [0.5, 0.6) is 0 Å². The maximum Gasteiger partial charge on any atom is 0.336 e. The number of nitrogens with zero attached hydrogens (tertiary/aromatic N) is 1. The average Bonchev–Trinajstić information content (AvgIpc) is 3.17. The van der Waals surface area contributed by atoms with Gasteiger partial charge in [-0.25, -0.2) is 4.79 Å². The lowest BCUT2D eigenvalue weighted by Gasteiger charge is -2.39. The third-order valence-electron chi connectivity index (χ3n) is 7.57. The zero-order valence-electron chi connectivity index (χ0n) is 22.4. The van der Waals surface area contributed by atoms with Crippen molar-refractivity contribution >= 4 is 33.6 Å². The molecule has 6 heteroatoms. The van der Waals surface area contributed by atoms with Gasteiger partial charge in [-0.15, -0.1) is 0 Å². The van der Waals surface area contributed by atoms with E-state index in [1.807, 2.05) is 13.8 Å². The van der Waals surface area contributed by atoms with Crippen molar-refractivity contribution in [3.05, 3.63) is 70.6 Å². The fraction of sp³-hybridized carbons (Fsp3) is 0.419. The van der Waals surface area contributed by atoms with Gasteiger partial charge >= 0.3 is 5.97 Å². The fourth-order valence-electron chi connectivity index (χ4n) is 6.05. The van der Waals surface area contributed by atoms with Crippen LogP contribution in [0.2, 0.25) is 0 Å². The Bertz CT molecular complexity index is 1460. The van der Waals surface area contributed by atoms with E-state index in [9.17, 15) is 9.59 Å². The highest BCUT2D eigenvalue weighted by Crippen LogP contribution is 2.47. The molecule has 0 saturated carbocycles. The Morgan fingerprint density at radius 1 is 1.05 bits per heavy atom. The first-order valence-electron chi connectivity index (χ1n) is 13.3. The molecule has 1 aromatic heterocycles. The lowest BCUT2D eigenvalue weighted by molar-refractivity contribution is -0.140. The molecule has 194 valence electrons. The van der Waals surface area contributed by atoms with E-state index in [0.717, 1.165) is 40.8 Å². The molecule has 5 rings (SSSR count). The number of dihydropyridines is 1. The standard InChI is InChI=1S/C31H36N2O4/c1-6-33-24-11-9-8-10-21(24)22-16-20(12-13-25(22)33)28-27(30(35)37-15-14-36-7-2)19(3)32-23-17-31(4,5)18-26(34)29(23)28/h8-13,16,28,32H,6-7,14-15,17-18H2,1-5H3/t28-/m0/s1. The number of esters is 1. The molecule has 2 heterocycles. The summed E-state index contributed by atoms with van der Waals surface area (Å²) in [5.41, 5.74) is 5.99. The first-order chi connectivity index (χ1) is 17.8. The number of para-hydroxylation sites is 1. The Kier molecular flexibility index (Phi) is 6.71. The first kappa shape index (κ1) is 25.3. The van der Waals surface area contributed by atoms with Crippen LogP contribution < -0.4 is 5.32 Å². The maximum absolute atomic E-state index is 13.6. The molecule has 0 bridgehead atoms. The van der Waals surface area contributed by atoms with Crippen molar-refractivity contribution < 1.29 is 19.1 Å². The monoisotopic (exact) mass is 500 g/mol. The number of benzene rings is 2. The van der Waals surface area contributed by atoms with Crippen molar-refractivity contribution in [3.8, 4) is 0 Å². The molecular formula is C31H36N2O4. The highest BCUT2D eigenvalue weighted by Gasteiger charge is 2.43. The van der Waals surface area contributed by atoms with Gasteiger partial charge in [0.15, 0.2) is 5.78 Å². The van der Waals surface area contributed by atoms with Gasteiger partial charge in [-0.1, -0.05) is 38.1 Å². The molecule has 1 N–H and O–H groups in total. The summed E-state index contributed by atoms with van der Waals surface area (Å²) in [4.78, 5) is 27.1. The zero-order chi connectivity index (χ0) is 26.3. The van der Waals surface area contributed by atoms with E-state index >= 15 is 0 Å². The Balaban J connectivity index is 1.67. The highest BCUT2D eigenvalue weighted by atomic mass is 16.6. The van der Waals surface area contributed by atoms with Gasteiger partial charge in [0.2, 0.25) is 0 Å². The minimum Gasteiger partial charge on any atom is -0.460 e. The number of allylic oxidation sites excluding steroid dienone is 3. The molecule has 0 unspecified atom stereocenters. The van der Waals surface area contributed by atoms with Gasteiger partial charge in [-0.2, -0.15) is 0 Å². The van der Waals surface area contributed by atoms with E-state index in [1.54, 1.807) is 0 Å². The number of hydrogen-bond donors (Lipinski definition) is 1. The Labute approximate surface area is 218 Å². The molecule has 0 saturated heterocycles. The number of Topliss-reactive ketones (excluding diaryl/α,β-unsaturated/α-hetero) is 1. The zero-order valence-corrected chi connectivity index (χ0v) is 22.4. The normalized spacial score (nSPS) is 19.4. The van der Waals surface area contributed by atoms with Gasteiger partial charge in [-0.05, 0) is 56.4 Å². The summed E-state index contributed by atoms with van der Waals surface area (Å²) in [5.74, 6) is -0.797. The lowest BCUT2D eigenvalue weighted by atomic mass is 9.68. The van der Waals surface area contributed by atoms with Gasteiger partial charge in [-0.3, -0.25) is 4.79 Å².